The lowest BCUT2D eigenvalue weighted by Crippen LogP contribution is -2.54. The summed E-state index contributed by atoms with van der Waals surface area (Å²) in [5, 5.41) is 17.7. The Morgan fingerprint density at radius 3 is 2.54 bits per heavy atom. The Morgan fingerprint density at radius 1 is 1.08 bits per heavy atom. The van der Waals surface area contributed by atoms with Gasteiger partial charge in [-0.15, -0.1) is 0 Å². The van der Waals surface area contributed by atoms with Crippen LogP contribution in [0.5, 0.6) is 0 Å². The molecule has 8 heteroatoms. The molecule has 1 aliphatic heterocycles. The van der Waals surface area contributed by atoms with Gasteiger partial charge in [0, 0.05) is 30.5 Å². The Morgan fingerprint density at radius 2 is 1.82 bits per heavy atom. The summed E-state index contributed by atoms with van der Waals surface area (Å²) in [6.07, 6.45) is 8.58. The van der Waals surface area contributed by atoms with Gasteiger partial charge < -0.3 is 25.1 Å². The fourth-order valence-corrected chi connectivity index (χ4v) is 6.10. The lowest BCUT2D eigenvalue weighted by molar-refractivity contribution is -0.132. The number of fused-ring (bicyclic) bond motifs is 1. The van der Waals surface area contributed by atoms with Crippen LogP contribution in [0.15, 0.2) is 28.7 Å². The molecule has 1 aromatic heterocycles. The summed E-state index contributed by atoms with van der Waals surface area (Å²) in [5.41, 5.74) is 1.36. The van der Waals surface area contributed by atoms with Crippen molar-refractivity contribution in [3.8, 4) is 0 Å². The molecule has 8 nitrogen and oxygen atoms in total. The van der Waals surface area contributed by atoms with Gasteiger partial charge >= 0.3 is 0 Å². The van der Waals surface area contributed by atoms with Crippen molar-refractivity contribution in [1.29, 1.82) is 0 Å². The number of aryl methyl sites for hydroxylation is 1. The van der Waals surface area contributed by atoms with Gasteiger partial charge in [0.2, 0.25) is 11.8 Å². The molecule has 4 rings (SSSR count). The van der Waals surface area contributed by atoms with Crippen LogP contribution in [-0.4, -0.2) is 59.0 Å². The van der Waals surface area contributed by atoms with Gasteiger partial charge in [-0.2, -0.15) is 0 Å². The summed E-state index contributed by atoms with van der Waals surface area (Å²) < 4.78 is 5.80. The Bertz CT molecular complexity index is 1140. The van der Waals surface area contributed by atoms with Gasteiger partial charge in [0.15, 0.2) is 5.76 Å². The summed E-state index contributed by atoms with van der Waals surface area (Å²) in [6.45, 7) is 6.63. The van der Waals surface area contributed by atoms with Crippen LogP contribution in [0.2, 0.25) is 0 Å². The van der Waals surface area contributed by atoms with Gasteiger partial charge in [0.05, 0.1) is 12.1 Å². The molecule has 2 heterocycles. The van der Waals surface area contributed by atoms with E-state index in [0.717, 1.165) is 17.4 Å². The topological polar surface area (TPSA) is 112 Å². The molecule has 1 aromatic carbocycles. The average Bonchev–Trinajstić information content (AvgIpc) is 3.15. The molecule has 0 spiro atoms. The highest BCUT2D eigenvalue weighted by atomic mass is 16.3. The van der Waals surface area contributed by atoms with E-state index < -0.39 is 24.1 Å². The van der Waals surface area contributed by atoms with E-state index in [1.54, 1.807) is 4.90 Å². The third-order valence-electron chi connectivity index (χ3n) is 8.37. The maximum atomic E-state index is 13.4. The second kappa shape index (κ2) is 13.5. The molecular formula is C31H45N3O5. The minimum Gasteiger partial charge on any atom is -0.451 e. The van der Waals surface area contributed by atoms with Gasteiger partial charge in [-0.25, -0.2) is 0 Å². The van der Waals surface area contributed by atoms with Crippen LogP contribution in [0.25, 0.3) is 11.0 Å². The number of rotatable bonds is 9. The van der Waals surface area contributed by atoms with E-state index >= 15 is 0 Å². The molecule has 3 amide bonds. The lowest BCUT2D eigenvalue weighted by Gasteiger charge is -2.28. The fraction of sp³-hybridized carbons (Fsp3) is 0.645. The number of amides is 3. The fourth-order valence-electron chi connectivity index (χ4n) is 6.10. The van der Waals surface area contributed by atoms with Crippen molar-refractivity contribution in [2.24, 2.45) is 11.8 Å². The normalized spacial score (nSPS) is 21.5. The molecule has 2 aromatic rings. The quantitative estimate of drug-likeness (QED) is 0.427. The van der Waals surface area contributed by atoms with Crippen LogP contribution in [0.4, 0.5) is 0 Å². The molecular weight excluding hydrogens is 494 g/mol. The molecule has 0 bridgehead atoms. The third kappa shape index (κ3) is 7.62. The predicted octanol–water partition coefficient (Wildman–Crippen LogP) is 4.71. The number of carbonyl (C=O) groups is 3. The van der Waals surface area contributed by atoms with E-state index in [4.69, 9.17) is 4.42 Å². The summed E-state index contributed by atoms with van der Waals surface area (Å²) in [4.78, 5) is 41.2. The maximum absolute atomic E-state index is 13.4. The summed E-state index contributed by atoms with van der Waals surface area (Å²) >= 11 is 0. The van der Waals surface area contributed by atoms with Crippen LogP contribution < -0.4 is 10.6 Å². The van der Waals surface area contributed by atoms with Crippen LogP contribution >= 0.6 is 0 Å². The summed E-state index contributed by atoms with van der Waals surface area (Å²) in [7, 11) is 0. The number of furan rings is 1. The molecule has 2 aliphatic rings. The number of hydrogen-bond donors (Lipinski definition) is 3. The first kappa shape index (κ1) is 29.1. The molecule has 0 radical (unpaired) electrons. The van der Waals surface area contributed by atoms with Gasteiger partial charge in [-0.1, -0.05) is 64.2 Å². The van der Waals surface area contributed by atoms with Crippen molar-refractivity contribution in [2.75, 3.05) is 13.1 Å². The van der Waals surface area contributed by atoms with Gasteiger partial charge in [-0.3, -0.25) is 14.4 Å². The SMILES string of the molecule is Cc1c(C(=O)N[C@@H](CC(C)C)C(=O)NC2CCCN(C(=O)CCC3CCCCC3)CC2O)oc2ccccc12. The molecule has 1 saturated carbocycles. The molecule has 1 saturated heterocycles. The van der Waals surface area contributed by atoms with Gasteiger partial charge in [-0.05, 0) is 50.5 Å². The average molecular weight is 540 g/mol. The molecule has 214 valence electrons. The zero-order valence-corrected chi connectivity index (χ0v) is 23.7. The molecule has 2 fully saturated rings. The van der Waals surface area contributed by atoms with E-state index in [2.05, 4.69) is 10.6 Å². The Kier molecular flexibility index (Phi) is 10.1. The molecule has 3 atom stereocenters. The van der Waals surface area contributed by atoms with E-state index in [1.807, 2.05) is 45.0 Å². The lowest BCUT2D eigenvalue weighted by atomic mass is 9.86. The highest BCUT2D eigenvalue weighted by Gasteiger charge is 2.32. The number of aliphatic hydroxyl groups is 1. The van der Waals surface area contributed by atoms with Crippen molar-refractivity contribution in [1.82, 2.24) is 15.5 Å². The Balaban J connectivity index is 1.35. The standard InChI is InChI=1S/C31H45N3O5/c1-20(2)18-25(33-31(38)29-21(3)23-12-7-8-14-27(23)39-29)30(37)32-24-13-9-17-34(19-26(24)35)28(36)16-15-22-10-5-4-6-11-22/h7-8,12,14,20,22,24-26,35H,4-6,9-11,13,15-19H2,1-3H3,(H,32,37)(H,33,38)/t24?,25-,26?/m0/s1. The van der Waals surface area contributed by atoms with Crippen LogP contribution in [0.1, 0.15) is 94.2 Å². The number of nitrogens with one attached hydrogen (secondary N) is 2. The van der Waals surface area contributed by atoms with Crippen molar-refractivity contribution in [3.05, 3.63) is 35.6 Å². The summed E-state index contributed by atoms with van der Waals surface area (Å²) in [6, 6.07) is 6.22. The van der Waals surface area contributed by atoms with Crippen LogP contribution in [0, 0.1) is 18.8 Å². The number of carbonyl (C=O) groups excluding carboxylic acids is 3. The van der Waals surface area contributed by atoms with Crippen molar-refractivity contribution in [2.45, 2.75) is 103 Å². The number of likely N-dealkylation sites (tertiary alicyclic amines) is 1. The van der Waals surface area contributed by atoms with E-state index in [1.165, 1.54) is 32.1 Å². The first-order valence-electron chi connectivity index (χ1n) is 14.8. The summed E-state index contributed by atoms with van der Waals surface area (Å²) in [5.74, 6) is 0.345. The third-order valence-corrected chi connectivity index (χ3v) is 8.37. The molecule has 2 unspecified atom stereocenters. The maximum Gasteiger partial charge on any atom is 0.287 e. The first-order valence-corrected chi connectivity index (χ1v) is 14.8. The van der Waals surface area contributed by atoms with Crippen molar-refractivity contribution in [3.63, 3.8) is 0 Å². The van der Waals surface area contributed by atoms with Crippen molar-refractivity contribution >= 4 is 28.7 Å². The minimum absolute atomic E-state index is 0.0951. The first-order chi connectivity index (χ1) is 18.7. The Hall–Kier alpha value is -2.87. The number of para-hydroxylation sites is 1. The highest BCUT2D eigenvalue weighted by molar-refractivity contribution is 6.00. The van der Waals surface area contributed by atoms with Crippen LogP contribution in [0.3, 0.4) is 0 Å². The molecule has 3 N–H and O–H groups in total. The van der Waals surface area contributed by atoms with Gasteiger partial charge in [0.1, 0.15) is 11.6 Å². The monoisotopic (exact) mass is 539 g/mol. The second-order valence-corrected chi connectivity index (χ2v) is 11.9. The van der Waals surface area contributed by atoms with Gasteiger partial charge in [0.25, 0.3) is 5.91 Å². The van der Waals surface area contributed by atoms with E-state index in [-0.39, 0.29) is 30.0 Å². The predicted molar refractivity (Wildman–Crippen MR) is 151 cm³/mol. The van der Waals surface area contributed by atoms with Crippen molar-refractivity contribution < 1.29 is 23.9 Å². The largest absolute Gasteiger partial charge is 0.451 e. The second-order valence-electron chi connectivity index (χ2n) is 11.9. The number of benzene rings is 1. The van der Waals surface area contributed by atoms with Crippen LogP contribution in [-0.2, 0) is 9.59 Å². The smallest absolute Gasteiger partial charge is 0.287 e. The number of hydrogen-bond acceptors (Lipinski definition) is 5. The van der Waals surface area contributed by atoms with E-state index in [0.29, 0.717) is 43.7 Å². The molecule has 1 aliphatic carbocycles. The number of β-amino-alcohol motifs (C(OH)–C–C–N with tert-alkyl or cyclic N) is 1. The highest BCUT2D eigenvalue weighted by Crippen LogP contribution is 2.28. The zero-order chi connectivity index (χ0) is 27.9. The zero-order valence-electron chi connectivity index (χ0n) is 23.7. The minimum atomic E-state index is -0.858. The number of nitrogens with zero attached hydrogens (tertiary/aromatic N) is 1. The van der Waals surface area contributed by atoms with E-state index in [9.17, 15) is 19.5 Å². The number of aliphatic hydroxyl groups excluding tert-OH is 1. The Labute approximate surface area is 231 Å². The molecule has 39 heavy (non-hydrogen) atoms.